The van der Waals surface area contributed by atoms with E-state index in [2.05, 4.69) is 5.32 Å². The van der Waals surface area contributed by atoms with Crippen LogP contribution in [0, 0.1) is 5.82 Å². The maximum atomic E-state index is 13.2. The highest BCUT2D eigenvalue weighted by molar-refractivity contribution is 6.46. The van der Waals surface area contributed by atoms with Crippen LogP contribution in [0.2, 0.25) is 0 Å². The van der Waals surface area contributed by atoms with E-state index in [9.17, 15) is 18.8 Å². The highest BCUT2D eigenvalue weighted by Gasteiger charge is 2.33. The fraction of sp³-hybridized carbons (Fsp3) is 0.0455. The van der Waals surface area contributed by atoms with Crippen molar-refractivity contribution in [1.29, 1.82) is 0 Å². The lowest BCUT2D eigenvalue weighted by atomic mass is 9.86. The number of hydrogen-bond acceptors (Lipinski definition) is 3. The summed E-state index contributed by atoms with van der Waals surface area (Å²) in [6.07, 6.45) is 0. The van der Waals surface area contributed by atoms with Gasteiger partial charge in [0.25, 0.3) is 5.91 Å². The highest BCUT2D eigenvalue weighted by Crippen LogP contribution is 2.23. The molecule has 1 N–H and O–H groups in total. The van der Waals surface area contributed by atoms with Gasteiger partial charge >= 0.3 is 0 Å². The highest BCUT2D eigenvalue weighted by atomic mass is 19.1. The third-order valence-electron chi connectivity index (χ3n) is 4.04. The van der Waals surface area contributed by atoms with Gasteiger partial charge in [-0.2, -0.15) is 0 Å². The van der Waals surface area contributed by atoms with Gasteiger partial charge in [0.05, 0.1) is 0 Å². The van der Waals surface area contributed by atoms with Gasteiger partial charge in [-0.1, -0.05) is 48.5 Å². The van der Waals surface area contributed by atoms with Crippen LogP contribution in [0.4, 0.5) is 10.1 Å². The number of benzene rings is 3. The van der Waals surface area contributed by atoms with E-state index in [1.807, 2.05) is 0 Å². The second kappa shape index (κ2) is 8.19. The summed E-state index contributed by atoms with van der Waals surface area (Å²) in [5.41, 5.74) is 1.02. The number of anilines is 1. The van der Waals surface area contributed by atoms with Crippen molar-refractivity contribution in [3.8, 4) is 0 Å². The normalized spacial score (nSPS) is 11.4. The smallest absolute Gasteiger partial charge is 0.292 e. The number of ketones is 2. The number of carbonyl (C=O) groups is 3. The maximum Gasteiger partial charge on any atom is 0.292 e. The molecule has 5 heteroatoms. The van der Waals surface area contributed by atoms with Crippen LogP contribution in [0.5, 0.6) is 0 Å². The molecule has 1 unspecified atom stereocenters. The molecule has 0 radical (unpaired) electrons. The molecule has 0 heterocycles. The quantitative estimate of drug-likeness (QED) is 0.410. The van der Waals surface area contributed by atoms with Crippen molar-refractivity contribution in [3.63, 3.8) is 0 Å². The second-order valence-corrected chi connectivity index (χ2v) is 5.90. The summed E-state index contributed by atoms with van der Waals surface area (Å²) in [5.74, 6) is -4.12. The summed E-state index contributed by atoms with van der Waals surface area (Å²) in [6.45, 7) is 0. The molecule has 0 bridgehead atoms. The number of Topliss-reactive ketones (excluding diaryl/α,β-unsaturated/α-hetero) is 2. The van der Waals surface area contributed by atoms with Crippen LogP contribution in [-0.4, -0.2) is 17.5 Å². The Morgan fingerprint density at radius 2 is 1.30 bits per heavy atom. The van der Waals surface area contributed by atoms with Gasteiger partial charge in [-0.15, -0.1) is 0 Å². The molecule has 3 aromatic rings. The van der Waals surface area contributed by atoms with Gasteiger partial charge in [0.15, 0.2) is 5.78 Å². The van der Waals surface area contributed by atoms with Crippen LogP contribution in [0.1, 0.15) is 21.8 Å². The monoisotopic (exact) mass is 361 g/mol. The number of para-hydroxylation sites is 1. The zero-order valence-electron chi connectivity index (χ0n) is 14.3. The molecule has 134 valence electrons. The van der Waals surface area contributed by atoms with E-state index in [1.54, 1.807) is 60.7 Å². The van der Waals surface area contributed by atoms with Gasteiger partial charge in [0.1, 0.15) is 11.7 Å². The standard InChI is InChI=1S/C22H16FNO3/c23-17-13-11-16(12-14-17)20(25)19(15-7-3-1-4-8-15)21(26)22(27)24-18-9-5-2-6-10-18/h1-14,19H,(H,24,27). The van der Waals surface area contributed by atoms with Crippen molar-refractivity contribution < 1.29 is 18.8 Å². The molecular formula is C22H16FNO3. The Kier molecular flexibility index (Phi) is 5.52. The summed E-state index contributed by atoms with van der Waals surface area (Å²) >= 11 is 0. The first kappa shape index (κ1) is 18.2. The van der Waals surface area contributed by atoms with E-state index in [0.29, 0.717) is 11.3 Å². The number of carbonyl (C=O) groups excluding carboxylic acids is 3. The summed E-state index contributed by atoms with van der Waals surface area (Å²) in [7, 11) is 0. The first-order valence-corrected chi connectivity index (χ1v) is 8.31. The molecule has 0 aliphatic carbocycles. The van der Waals surface area contributed by atoms with Crippen LogP contribution < -0.4 is 5.32 Å². The van der Waals surface area contributed by atoms with Crippen molar-refractivity contribution >= 4 is 23.2 Å². The molecule has 0 fully saturated rings. The van der Waals surface area contributed by atoms with Crippen molar-refractivity contribution in [1.82, 2.24) is 0 Å². The molecule has 0 saturated carbocycles. The predicted molar refractivity (Wildman–Crippen MR) is 100.0 cm³/mol. The number of halogens is 1. The number of rotatable bonds is 6. The van der Waals surface area contributed by atoms with Crippen molar-refractivity contribution in [2.24, 2.45) is 0 Å². The van der Waals surface area contributed by atoms with E-state index in [1.165, 1.54) is 12.1 Å². The number of hydrogen-bond donors (Lipinski definition) is 1. The van der Waals surface area contributed by atoms with Crippen LogP contribution in [0.25, 0.3) is 0 Å². The minimum atomic E-state index is -1.31. The minimum absolute atomic E-state index is 0.158. The summed E-state index contributed by atoms with van der Waals surface area (Å²) in [6, 6.07) is 21.7. The Balaban J connectivity index is 1.92. The number of amides is 1. The Morgan fingerprint density at radius 1 is 0.741 bits per heavy atom. The molecule has 0 aromatic heterocycles. The summed E-state index contributed by atoms with van der Waals surface area (Å²) in [5, 5.41) is 2.51. The Bertz CT molecular complexity index is 954. The van der Waals surface area contributed by atoms with Crippen molar-refractivity contribution in [2.45, 2.75) is 5.92 Å². The van der Waals surface area contributed by atoms with E-state index in [4.69, 9.17) is 0 Å². The van der Waals surface area contributed by atoms with Gasteiger partial charge in [-0.3, -0.25) is 14.4 Å². The molecule has 0 aliphatic rings. The third kappa shape index (κ3) is 4.33. The zero-order valence-corrected chi connectivity index (χ0v) is 14.3. The lowest BCUT2D eigenvalue weighted by Gasteiger charge is -2.15. The fourth-order valence-corrected chi connectivity index (χ4v) is 2.69. The van der Waals surface area contributed by atoms with Crippen molar-refractivity contribution in [2.75, 3.05) is 5.32 Å². The van der Waals surface area contributed by atoms with E-state index in [-0.39, 0.29) is 5.56 Å². The molecular weight excluding hydrogens is 345 g/mol. The minimum Gasteiger partial charge on any atom is -0.319 e. The van der Waals surface area contributed by atoms with Gasteiger partial charge in [0, 0.05) is 11.3 Å². The zero-order chi connectivity index (χ0) is 19.2. The number of nitrogens with one attached hydrogen (secondary N) is 1. The Labute approximate surface area is 155 Å². The largest absolute Gasteiger partial charge is 0.319 e. The van der Waals surface area contributed by atoms with Crippen molar-refractivity contribution in [3.05, 3.63) is 102 Å². The lowest BCUT2D eigenvalue weighted by molar-refractivity contribution is -0.135. The van der Waals surface area contributed by atoms with Gasteiger partial charge in [-0.25, -0.2) is 4.39 Å². The molecule has 1 atom stereocenters. The van der Waals surface area contributed by atoms with Crippen LogP contribution >= 0.6 is 0 Å². The third-order valence-corrected chi connectivity index (χ3v) is 4.04. The second-order valence-electron chi connectivity index (χ2n) is 5.90. The maximum absolute atomic E-state index is 13.2. The lowest BCUT2D eigenvalue weighted by Crippen LogP contribution is -2.32. The first-order valence-electron chi connectivity index (χ1n) is 8.31. The molecule has 0 saturated heterocycles. The Hall–Kier alpha value is -3.60. The average molecular weight is 361 g/mol. The molecule has 0 aliphatic heterocycles. The molecule has 1 amide bonds. The summed E-state index contributed by atoms with van der Waals surface area (Å²) in [4.78, 5) is 38.2. The molecule has 3 aromatic carbocycles. The SMILES string of the molecule is O=C(Nc1ccccc1)C(=O)C(C(=O)c1ccc(F)cc1)c1ccccc1. The van der Waals surface area contributed by atoms with E-state index >= 15 is 0 Å². The Morgan fingerprint density at radius 3 is 1.89 bits per heavy atom. The molecule has 0 spiro atoms. The van der Waals surface area contributed by atoms with Crippen LogP contribution in [0.15, 0.2) is 84.9 Å². The van der Waals surface area contributed by atoms with Gasteiger partial charge in [0.2, 0.25) is 5.78 Å². The van der Waals surface area contributed by atoms with Gasteiger partial charge < -0.3 is 5.32 Å². The van der Waals surface area contributed by atoms with Crippen LogP contribution in [0.3, 0.4) is 0 Å². The topological polar surface area (TPSA) is 63.2 Å². The van der Waals surface area contributed by atoms with Crippen LogP contribution in [-0.2, 0) is 9.59 Å². The van der Waals surface area contributed by atoms with E-state index in [0.717, 1.165) is 12.1 Å². The van der Waals surface area contributed by atoms with E-state index < -0.39 is 29.2 Å². The van der Waals surface area contributed by atoms with Gasteiger partial charge in [-0.05, 0) is 42.0 Å². The molecule has 3 rings (SSSR count). The predicted octanol–water partition coefficient (Wildman–Crippen LogP) is 4.00. The summed E-state index contributed by atoms with van der Waals surface area (Å²) < 4.78 is 13.2. The average Bonchev–Trinajstić information content (AvgIpc) is 2.70. The first-order chi connectivity index (χ1) is 13.1. The molecule has 27 heavy (non-hydrogen) atoms. The molecule has 4 nitrogen and oxygen atoms in total. The fourth-order valence-electron chi connectivity index (χ4n) is 2.69.